The Morgan fingerprint density at radius 2 is 1.85 bits per heavy atom. The van der Waals surface area contributed by atoms with Crippen LogP contribution in [0.4, 0.5) is 0 Å². The highest BCUT2D eigenvalue weighted by molar-refractivity contribution is 7.19. The first-order chi connectivity index (χ1) is 9.78. The van der Waals surface area contributed by atoms with Crippen molar-refractivity contribution in [3.05, 3.63) is 46.4 Å². The molecule has 2 aromatic heterocycles. The molecule has 100 valence electrons. The second kappa shape index (κ2) is 5.56. The number of H-pyrrole nitrogens is 1. The van der Waals surface area contributed by atoms with Crippen LogP contribution in [0.5, 0.6) is 0 Å². The van der Waals surface area contributed by atoms with Crippen molar-refractivity contribution in [1.29, 1.82) is 0 Å². The highest BCUT2D eigenvalue weighted by atomic mass is 35.5. The molecule has 0 spiro atoms. The Bertz CT molecular complexity index is 743. The van der Waals surface area contributed by atoms with E-state index in [4.69, 9.17) is 11.6 Å². The lowest BCUT2D eigenvalue weighted by Gasteiger charge is -2.00. The van der Waals surface area contributed by atoms with Crippen LogP contribution in [0.1, 0.15) is 5.69 Å². The fraction of sp³-hybridized carbons (Fsp3) is 0.0714. The molecular weight excluding hydrogens is 292 g/mol. The summed E-state index contributed by atoms with van der Waals surface area (Å²) >= 11 is 7.53. The van der Waals surface area contributed by atoms with E-state index in [1.165, 1.54) is 0 Å². The summed E-state index contributed by atoms with van der Waals surface area (Å²) in [6.07, 6.45) is 1.69. The minimum Gasteiger partial charge on any atom is -0.294 e. The van der Waals surface area contributed by atoms with Gasteiger partial charge in [0.05, 0.1) is 10.6 Å². The number of hydrogen-bond donors (Lipinski definition) is 1. The summed E-state index contributed by atoms with van der Waals surface area (Å²) in [6.45, 7) is 0. The van der Waals surface area contributed by atoms with Crippen molar-refractivity contribution in [3.8, 4) is 21.7 Å². The molecule has 6 heteroatoms. The lowest BCUT2D eigenvalue weighted by atomic mass is 10.1. The molecule has 0 aliphatic rings. The number of aromatic nitrogens is 3. The molecule has 3 rings (SSSR count). The molecule has 0 amide bonds. The van der Waals surface area contributed by atoms with Gasteiger partial charge < -0.3 is 0 Å². The Morgan fingerprint density at radius 1 is 1.10 bits per heavy atom. The fourth-order valence-corrected chi connectivity index (χ4v) is 2.97. The third-order valence-electron chi connectivity index (χ3n) is 2.84. The molecule has 4 nitrogen and oxygen atoms in total. The number of nitrogens with zero attached hydrogens (tertiary/aromatic N) is 3. The van der Waals surface area contributed by atoms with Gasteiger partial charge in [-0.2, -0.15) is 15.4 Å². The fourth-order valence-electron chi connectivity index (χ4n) is 1.93. The molecule has 0 atom stereocenters. The summed E-state index contributed by atoms with van der Waals surface area (Å²) in [5.41, 5.74) is 3.67. The van der Waals surface area contributed by atoms with E-state index in [0.717, 1.165) is 31.7 Å². The summed E-state index contributed by atoms with van der Waals surface area (Å²) in [5, 5.41) is 10.9. The molecule has 0 bridgehead atoms. The van der Waals surface area contributed by atoms with E-state index in [9.17, 15) is 0 Å². The second-order valence-electron chi connectivity index (χ2n) is 4.13. The van der Waals surface area contributed by atoms with Gasteiger partial charge in [0.25, 0.3) is 0 Å². The SMILES string of the molecule is CN=Cc1n[nH]nc1-c1ccc(-c2ccc(Cl)s2)cc1. The summed E-state index contributed by atoms with van der Waals surface area (Å²) in [6, 6.07) is 12.1. The zero-order valence-electron chi connectivity index (χ0n) is 10.7. The van der Waals surface area contributed by atoms with Crippen LogP contribution in [0.25, 0.3) is 21.7 Å². The van der Waals surface area contributed by atoms with Crippen molar-refractivity contribution >= 4 is 29.2 Å². The summed E-state index contributed by atoms with van der Waals surface area (Å²) in [4.78, 5) is 5.12. The van der Waals surface area contributed by atoms with E-state index in [0.29, 0.717) is 0 Å². The summed E-state index contributed by atoms with van der Waals surface area (Å²) < 4.78 is 0.794. The molecule has 0 saturated carbocycles. The van der Waals surface area contributed by atoms with Gasteiger partial charge in [0.15, 0.2) is 0 Å². The number of halogens is 1. The third kappa shape index (κ3) is 2.50. The van der Waals surface area contributed by atoms with Gasteiger partial charge in [-0.1, -0.05) is 35.9 Å². The van der Waals surface area contributed by atoms with Crippen LogP contribution in [-0.4, -0.2) is 28.7 Å². The van der Waals surface area contributed by atoms with Crippen molar-refractivity contribution in [1.82, 2.24) is 15.4 Å². The van der Waals surface area contributed by atoms with E-state index in [2.05, 4.69) is 32.5 Å². The minimum atomic E-state index is 0.736. The van der Waals surface area contributed by atoms with Crippen molar-refractivity contribution in [2.24, 2.45) is 4.99 Å². The number of nitrogens with one attached hydrogen (secondary N) is 1. The highest BCUT2D eigenvalue weighted by Gasteiger charge is 2.09. The Morgan fingerprint density at radius 3 is 2.50 bits per heavy atom. The first-order valence-corrected chi connectivity index (χ1v) is 7.16. The maximum absolute atomic E-state index is 5.96. The van der Waals surface area contributed by atoms with Crippen molar-refractivity contribution in [3.63, 3.8) is 0 Å². The topological polar surface area (TPSA) is 53.9 Å². The number of aromatic amines is 1. The van der Waals surface area contributed by atoms with E-state index in [1.807, 2.05) is 24.3 Å². The predicted octanol–water partition coefficient (Wildman–Crippen LogP) is 3.90. The maximum Gasteiger partial charge on any atom is 0.131 e. The van der Waals surface area contributed by atoms with Gasteiger partial charge in [-0.3, -0.25) is 4.99 Å². The number of rotatable bonds is 3. The average Bonchev–Trinajstić information content (AvgIpc) is 3.09. The first kappa shape index (κ1) is 13.0. The Balaban J connectivity index is 1.95. The first-order valence-electron chi connectivity index (χ1n) is 5.97. The largest absolute Gasteiger partial charge is 0.294 e. The standard InChI is InChI=1S/C14H11ClN4S/c1-16-8-11-14(18-19-17-11)10-4-2-9(3-5-10)12-6-7-13(15)20-12/h2-8H,1H3,(H,17,18,19). The molecule has 0 aliphatic heterocycles. The Labute approximate surface area is 125 Å². The Kier molecular flexibility index (Phi) is 3.62. The van der Waals surface area contributed by atoms with Crippen LogP contribution < -0.4 is 0 Å². The second-order valence-corrected chi connectivity index (χ2v) is 5.84. The van der Waals surface area contributed by atoms with Gasteiger partial charge in [-0.05, 0) is 17.7 Å². The lowest BCUT2D eigenvalue weighted by Crippen LogP contribution is -1.87. The third-order valence-corrected chi connectivity index (χ3v) is 4.12. The number of hydrogen-bond acceptors (Lipinski definition) is 4. The van der Waals surface area contributed by atoms with E-state index in [1.54, 1.807) is 24.6 Å². The molecule has 0 fully saturated rings. The summed E-state index contributed by atoms with van der Waals surface area (Å²) in [5.74, 6) is 0. The normalized spacial score (nSPS) is 11.3. The van der Waals surface area contributed by atoms with Crippen LogP contribution >= 0.6 is 22.9 Å². The zero-order chi connectivity index (χ0) is 13.9. The van der Waals surface area contributed by atoms with Gasteiger partial charge in [0, 0.05) is 17.5 Å². The molecule has 1 aromatic carbocycles. The predicted molar refractivity (Wildman–Crippen MR) is 83.7 cm³/mol. The van der Waals surface area contributed by atoms with Gasteiger partial charge in [-0.15, -0.1) is 11.3 Å². The Hall–Kier alpha value is -1.98. The monoisotopic (exact) mass is 302 g/mol. The van der Waals surface area contributed by atoms with E-state index >= 15 is 0 Å². The summed E-state index contributed by atoms with van der Waals surface area (Å²) in [7, 11) is 1.71. The van der Waals surface area contributed by atoms with Crippen molar-refractivity contribution in [2.45, 2.75) is 0 Å². The van der Waals surface area contributed by atoms with Crippen LogP contribution in [-0.2, 0) is 0 Å². The van der Waals surface area contributed by atoms with E-state index in [-0.39, 0.29) is 0 Å². The van der Waals surface area contributed by atoms with Gasteiger partial charge in [-0.25, -0.2) is 0 Å². The van der Waals surface area contributed by atoms with E-state index < -0.39 is 0 Å². The number of thiophene rings is 1. The van der Waals surface area contributed by atoms with Crippen LogP contribution in [0, 0.1) is 0 Å². The van der Waals surface area contributed by atoms with Crippen LogP contribution in [0.15, 0.2) is 41.4 Å². The molecule has 20 heavy (non-hydrogen) atoms. The zero-order valence-corrected chi connectivity index (χ0v) is 12.2. The molecule has 0 aliphatic carbocycles. The van der Waals surface area contributed by atoms with Crippen LogP contribution in [0.2, 0.25) is 4.34 Å². The lowest BCUT2D eigenvalue weighted by molar-refractivity contribution is 0.940. The molecule has 0 radical (unpaired) electrons. The molecule has 0 saturated heterocycles. The molecule has 1 N–H and O–H groups in total. The minimum absolute atomic E-state index is 0.736. The number of aliphatic imine (C=N–C) groups is 1. The quantitative estimate of drug-likeness (QED) is 0.746. The maximum atomic E-state index is 5.96. The number of benzene rings is 1. The molecular formula is C14H11ClN4S. The van der Waals surface area contributed by atoms with Gasteiger partial charge in [0.1, 0.15) is 11.4 Å². The van der Waals surface area contributed by atoms with Gasteiger partial charge >= 0.3 is 0 Å². The highest BCUT2D eigenvalue weighted by Crippen LogP contribution is 2.32. The smallest absolute Gasteiger partial charge is 0.131 e. The van der Waals surface area contributed by atoms with Crippen molar-refractivity contribution < 1.29 is 0 Å². The molecule has 3 aromatic rings. The van der Waals surface area contributed by atoms with Crippen LogP contribution in [0.3, 0.4) is 0 Å². The van der Waals surface area contributed by atoms with Gasteiger partial charge in [0.2, 0.25) is 0 Å². The van der Waals surface area contributed by atoms with Crippen molar-refractivity contribution in [2.75, 3.05) is 7.05 Å². The molecule has 0 unspecified atom stereocenters. The average molecular weight is 303 g/mol. The molecule has 2 heterocycles.